The van der Waals surface area contributed by atoms with Gasteiger partial charge in [0.15, 0.2) is 0 Å². The number of nitrogens with zero attached hydrogens (tertiary/aromatic N) is 4. The van der Waals surface area contributed by atoms with E-state index in [1.54, 1.807) is 0 Å². The average molecular weight is 237 g/mol. The van der Waals surface area contributed by atoms with Crippen molar-refractivity contribution < 1.29 is 0 Å². The minimum Gasteiger partial charge on any atom is -0.351 e. The molecule has 1 saturated carbocycles. The van der Waals surface area contributed by atoms with Crippen LogP contribution in [-0.4, -0.2) is 35.1 Å². The van der Waals surface area contributed by atoms with Gasteiger partial charge in [-0.15, -0.1) is 0 Å². The molecule has 94 valence electrons. The molecule has 1 heterocycles. The molecule has 4 N–H and O–H groups in total. The molecule has 1 fully saturated rings. The van der Waals surface area contributed by atoms with Crippen LogP contribution in [0.1, 0.15) is 19.8 Å². The van der Waals surface area contributed by atoms with Crippen LogP contribution in [-0.2, 0) is 0 Å². The Morgan fingerprint density at radius 1 is 1.29 bits per heavy atom. The van der Waals surface area contributed by atoms with Gasteiger partial charge in [0.05, 0.1) is 0 Å². The summed E-state index contributed by atoms with van der Waals surface area (Å²) in [5, 5.41) is 3.30. The molecule has 0 aliphatic heterocycles. The van der Waals surface area contributed by atoms with Gasteiger partial charge in [0, 0.05) is 20.1 Å². The number of rotatable bonds is 5. The number of nitrogens with two attached hydrogens (primary N) is 1. The lowest BCUT2D eigenvalue weighted by atomic mass is 10.3. The van der Waals surface area contributed by atoms with E-state index in [1.807, 2.05) is 19.0 Å². The fourth-order valence-electron chi connectivity index (χ4n) is 1.74. The summed E-state index contributed by atoms with van der Waals surface area (Å²) in [7, 11) is 3.76. The van der Waals surface area contributed by atoms with Gasteiger partial charge in [0.2, 0.25) is 17.8 Å². The molecule has 2 atom stereocenters. The fourth-order valence-corrected chi connectivity index (χ4v) is 1.74. The van der Waals surface area contributed by atoms with E-state index in [1.165, 1.54) is 12.8 Å². The maximum atomic E-state index is 5.34. The number of hydrogen-bond acceptors (Lipinski definition) is 7. The number of hydrazine groups is 1. The first kappa shape index (κ1) is 11.8. The molecule has 0 aromatic carbocycles. The van der Waals surface area contributed by atoms with Gasteiger partial charge in [-0.05, 0) is 12.3 Å². The van der Waals surface area contributed by atoms with Gasteiger partial charge in [-0.25, -0.2) is 5.84 Å². The molecule has 0 saturated heterocycles. The number of nitrogens with one attached hydrogen (secondary N) is 2. The molecule has 7 heteroatoms. The van der Waals surface area contributed by atoms with Gasteiger partial charge in [0.25, 0.3) is 0 Å². The van der Waals surface area contributed by atoms with Crippen molar-refractivity contribution in [1.29, 1.82) is 0 Å². The highest BCUT2D eigenvalue weighted by molar-refractivity contribution is 5.43. The summed E-state index contributed by atoms with van der Waals surface area (Å²) in [5.41, 5.74) is 2.45. The van der Waals surface area contributed by atoms with E-state index in [0.29, 0.717) is 23.9 Å². The largest absolute Gasteiger partial charge is 0.351 e. The molecule has 17 heavy (non-hydrogen) atoms. The van der Waals surface area contributed by atoms with E-state index in [2.05, 4.69) is 32.6 Å². The van der Waals surface area contributed by atoms with Gasteiger partial charge < -0.3 is 10.2 Å². The smallest absolute Gasteiger partial charge is 0.243 e. The summed E-state index contributed by atoms with van der Waals surface area (Å²) in [6, 6.07) is 0.489. The lowest BCUT2D eigenvalue weighted by Crippen LogP contribution is -2.19. The summed E-state index contributed by atoms with van der Waals surface area (Å²) in [4.78, 5) is 14.5. The highest BCUT2D eigenvalue weighted by Crippen LogP contribution is 2.35. The van der Waals surface area contributed by atoms with Crippen LogP contribution in [0.15, 0.2) is 0 Å². The summed E-state index contributed by atoms with van der Waals surface area (Å²) < 4.78 is 0. The van der Waals surface area contributed by atoms with Crippen molar-refractivity contribution in [3.63, 3.8) is 0 Å². The molecule has 0 radical (unpaired) electrons. The van der Waals surface area contributed by atoms with Crippen LogP contribution in [0.25, 0.3) is 0 Å². The van der Waals surface area contributed by atoms with Crippen molar-refractivity contribution in [1.82, 2.24) is 15.0 Å². The highest BCUT2D eigenvalue weighted by Gasteiger charge is 2.35. The third kappa shape index (κ3) is 2.73. The minimum absolute atomic E-state index is 0.375. The topological polar surface area (TPSA) is 92.0 Å². The lowest BCUT2D eigenvalue weighted by Gasteiger charge is -2.13. The standard InChI is InChI=1S/C10H19N7/c1-4-6-5-7(6)12-8-13-9(16-11)15-10(14-8)17(2)3/h6-7H,4-5,11H2,1-3H3,(H2,12,13,14,15,16). The molecule has 1 aliphatic rings. The van der Waals surface area contributed by atoms with Crippen LogP contribution in [0.2, 0.25) is 0 Å². The van der Waals surface area contributed by atoms with Gasteiger partial charge >= 0.3 is 0 Å². The second-order valence-electron chi connectivity index (χ2n) is 4.48. The highest BCUT2D eigenvalue weighted by atomic mass is 15.4. The predicted molar refractivity (Wildman–Crippen MR) is 67.8 cm³/mol. The van der Waals surface area contributed by atoms with E-state index in [-0.39, 0.29) is 0 Å². The van der Waals surface area contributed by atoms with Crippen LogP contribution < -0.4 is 21.5 Å². The zero-order valence-electron chi connectivity index (χ0n) is 10.4. The Morgan fingerprint density at radius 3 is 2.53 bits per heavy atom. The quantitative estimate of drug-likeness (QED) is 0.505. The summed E-state index contributed by atoms with van der Waals surface area (Å²) >= 11 is 0. The molecule has 7 nitrogen and oxygen atoms in total. The Bertz CT molecular complexity index is 392. The number of hydrogen-bond donors (Lipinski definition) is 3. The Hall–Kier alpha value is -1.63. The first-order valence-electron chi connectivity index (χ1n) is 5.80. The Kier molecular flexibility index (Phi) is 3.28. The van der Waals surface area contributed by atoms with Gasteiger partial charge in [-0.1, -0.05) is 13.3 Å². The number of nitrogen functional groups attached to an aromatic ring is 1. The van der Waals surface area contributed by atoms with E-state index in [4.69, 9.17) is 5.84 Å². The summed E-state index contributed by atoms with van der Waals surface area (Å²) in [6.07, 6.45) is 2.37. The van der Waals surface area contributed by atoms with Gasteiger partial charge in [0.1, 0.15) is 0 Å². The molecule has 2 rings (SSSR count). The lowest BCUT2D eigenvalue weighted by molar-refractivity contribution is 0.770. The second-order valence-corrected chi connectivity index (χ2v) is 4.48. The molecular formula is C10H19N7. The molecule has 1 aromatic rings. The monoisotopic (exact) mass is 237 g/mol. The van der Waals surface area contributed by atoms with E-state index in [9.17, 15) is 0 Å². The molecule has 1 aliphatic carbocycles. The fraction of sp³-hybridized carbons (Fsp3) is 0.700. The van der Waals surface area contributed by atoms with Crippen molar-refractivity contribution >= 4 is 17.8 Å². The van der Waals surface area contributed by atoms with Crippen molar-refractivity contribution in [2.24, 2.45) is 11.8 Å². The van der Waals surface area contributed by atoms with Crippen LogP contribution in [0.3, 0.4) is 0 Å². The first-order chi connectivity index (χ1) is 8.13. The van der Waals surface area contributed by atoms with Crippen LogP contribution in [0.5, 0.6) is 0 Å². The van der Waals surface area contributed by atoms with Crippen molar-refractivity contribution in [3.05, 3.63) is 0 Å². The summed E-state index contributed by atoms with van der Waals surface area (Å²) in [6.45, 7) is 2.19. The van der Waals surface area contributed by atoms with Crippen molar-refractivity contribution in [2.45, 2.75) is 25.8 Å². The van der Waals surface area contributed by atoms with Crippen LogP contribution in [0.4, 0.5) is 17.8 Å². The summed E-state index contributed by atoms with van der Waals surface area (Å²) in [5.74, 6) is 7.62. The maximum absolute atomic E-state index is 5.34. The van der Waals surface area contributed by atoms with Crippen LogP contribution in [0, 0.1) is 5.92 Å². The Labute approximate surface area is 101 Å². The number of anilines is 3. The Morgan fingerprint density at radius 2 is 2.00 bits per heavy atom. The minimum atomic E-state index is 0.375. The third-order valence-corrected chi connectivity index (χ3v) is 2.91. The maximum Gasteiger partial charge on any atom is 0.243 e. The SMILES string of the molecule is CCC1CC1Nc1nc(NN)nc(N(C)C)n1. The van der Waals surface area contributed by atoms with E-state index >= 15 is 0 Å². The van der Waals surface area contributed by atoms with Crippen LogP contribution >= 0.6 is 0 Å². The average Bonchev–Trinajstić information content (AvgIpc) is 3.06. The van der Waals surface area contributed by atoms with Crippen molar-refractivity contribution in [2.75, 3.05) is 29.7 Å². The van der Waals surface area contributed by atoms with Crippen molar-refractivity contribution in [3.8, 4) is 0 Å². The normalized spacial score (nSPS) is 22.1. The Balaban J connectivity index is 2.13. The van der Waals surface area contributed by atoms with E-state index < -0.39 is 0 Å². The van der Waals surface area contributed by atoms with Gasteiger partial charge in [-0.2, -0.15) is 15.0 Å². The first-order valence-corrected chi connectivity index (χ1v) is 5.80. The molecular weight excluding hydrogens is 218 g/mol. The zero-order chi connectivity index (χ0) is 12.4. The molecule has 1 aromatic heterocycles. The molecule has 0 spiro atoms. The molecule has 0 bridgehead atoms. The second kappa shape index (κ2) is 4.70. The zero-order valence-corrected chi connectivity index (χ0v) is 10.4. The van der Waals surface area contributed by atoms with Gasteiger partial charge in [-0.3, -0.25) is 5.43 Å². The molecule has 2 unspecified atom stereocenters. The predicted octanol–water partition coefficient (Wildman–Crippen LogP) is 0.434. The number of aromatic nitrogens is 3. The third-order valence-electron chi connectivity index (χ3n) is 2.91. The van der Waals surface area contributed by atoms with E-state index in [0.717, 1.165) is 5.92 Å². The molecule has 0 amide bonds.